The van der Waals surface area contributed by atoms with Crippen LogP contribution in [0.25, 0.3) is 11.4 Å². The number of nitrogens with zero attached hydrogens (tertiary/aromatic N) is 7. The van der Waals surface area contributed by atoms with Crippen molar-refractivity contribution in [3.63, 3.8) is 0 Å². The quantitative estimate of drug-likeness (QED) is 0.119. The van der Waals surface area contributed by atoms with E-state index in [1.165, 1.54) is 41.6 Å². The first-order valence-electron chi connectivity index (χ1n) is 17.2. The summed E-state index contributed by atoms with van der Waals surface area (Å²) < 4.78 is 43.1. The molecule has 1 saturated carbocycles. The van der Waals surface area contributed by atoms with Crippen molar-refractivity contribution in [1.82, 2.24) is 29.4 Å². The second-order valence-corrected chi connectivity index (χ2v) is 16.3. The van der Waals surface area contributed by atoms with E-state index < -0.39 is 25.1 Å². The zero-order valence-electron chi connectivity index (χ0n) is 32.3. The number of tetrazole rings is 1. The van der Waals surface area contributed by atoms with E-state index >= 15 is 0 Å². The molecule has 1 aliphatic carbocycles. The molecular formula is C36H46N8O9P2. The first-order chi connectivity index (χ1) is 26.0. The standard InChI is InChI=1S/C36H46N8O9P2/c1-21-15-22(2)31(28(16-21)53-55(48,50-8)51-9)36(3,4)18-30(45)52-20-44-19-25(35(47)42(5)54)27(17-29(44)38-34(46)23-13-14-23)37-26-12-10-11-24(32(26)49-7)33-39-41-43(6)40-33/h10-12,15-17,19,23,37H,13-14,18,20,54H2,1-9H3/b38-29+. The maximum Gasteiger partial charge on any atom is 0.529 e. The van der Waals surface area contributed by atoms with Gasteiger partial charge >= 0.3 is 13.8 Å². The van der Waals surface area contributed by atoms with Crippen LogP contribution in [0.2, 0.25) is 0 Å². The van der Waals surface area contributed by atoms with Gasteiger partial charge in [0.25, 0.3) is 11.8 Å². The number of carbonyl (C=O) groups excluding carboxylic acids is 3. The first-order valence-corrected chi connectivity index (χ1v) is 19.2. The zero-order chi connectivity index (χ0) is 40.2. The van der Waals surface area contributed by atoms with Gasteiger partial charge in [-0.3, -0.25) is 28.0 Å². The van der Waals surface area contributed by atoms with Gasteiger partial charge in [-0.1, -0.05) is 26.0 Å². The van der Waals surface area contributed by atoms with Crippen molar-refractivity contribution < 1.29 is 42.0 Å². The largest absolute Gasteiger partial charge is 0.529 e. The molecule has 2 aromatic heterocycles. The van der Waals surface area contributed by atoms with Gasteiger partial charge in [-0.15, -0.1) is 10.2 Å². The number of aromatic nitrogens is 5. The number of phosphoric ester groups is 1. The molecule has 19 heteroatoms. The highest BCUT2D eigenvalue weighted by atomic mass is 31.2. The van der Waals surface area contributed by atoms with Gasteiger partial charge in [0.15, 0.2) is 12.5 Å². The summed E-state index contributed by atoms with van der Waals surface area (Å²) in [4.78, 5) is 46.0. The van der Waals surface area contributed by atoms with E-state index in [-0.39, 0.29) is 41.8 Å². The molecule has 294 valence electrons. The summed E-state index contributed by atoms with van der Waals surface area (Å²) >= 11 is 0. The number of para-hydroxylation sites is 1. The molecule has 0 aliphatic heterocycles. The molecule has 0 bridgehead atoms. The van der Waals surface area contributed by atoms with Gasteiger partial charge in [0, 0.05) is 50.4 Å². The van der Waals surface area contributed by atoms with Crippen molar-refractivity contribution in [2.75, 3.05) is 33.7 Å². The molecule has 0 saturated heterocycles. The monoisotopic (exact) mass is 796 g/mol. The Kier molecular flexibility index (Phi) is 12.6. The Bertz CT molecular complexity index is 2220. The summed E-state index contributed by atoms with van der Waals surface area (Å²) in [6, 6.07) is 10.5. The number of hydrogen-bond acceptors (Lipinski definition) is 13. The van der Waals surface area contributed by atoms with Gasteiger partial charge in [-0.2, -0.15) is 9.79 Å². The van der Waals surface area contributed by atoms with E-state index in [1.54, 1.807) is 44.4 Å². The summed E-state index contributed by atoms with van der Waals surface area (Å²) in [6.45, 7) is 7.03. The van der Waals surface area contributed by atoms with Crippen molar-refractivity contribution in [3.8, 4) is 22.9 Å². The molecule has 0 radical (unpaired) electrons. The SMILES string of the molecule is COc1c(Nc2c/c(=N\C(=O)C3CC3)n(COC(=O)CC(C)(C)c3c(C)cc(C)cc3OP(=O)(OC)OC)cc2C(=O)N(C)P)cccc1-c1nnn(C)n1. The fourth-order valence-electron chi connectivity index (χ4n) is 6.13. The predicted octanol–water partition coefficient (Wildman–Crippen LogP) is 5.40. The molecular weight excluding hydrogens is 750 g/mol. The average molecular weight is 797 g/mol. The fourth-order valence-corrected chi connectivity index (χ4v) is 6.95. The van der Waals surface area contributed by atoms with E-state index in [0.717, 1.165) is 24.0 Å². The lowest BCUT2D eigenvalue weighted by Crippen LogP contribution is -2.30. The third-order valence-corrected chi connectivity index (χ3v) is 10.4. The molecule has 4 aromatic rings. The molecule has 2 amide bonds. The molecule has 1 N–H and O–H groups in total. The smallest absolute Gasteiger partial charge is 0.494 e. The number of carbonyl (C=O) groups is 3. The lowest BCUT2D eigenvalue weighted by atomic mass is 9.78. The molecule has 5 rings (SSSR count). The number of hydrogen-bond donors (Lipinski definition) is 1. The fraction of sp³-hybridized carbons (Fsp3) is 0.417. The van der Waals surface area contributed by atoms with Crippen LogP contribution in [0.1, 0.15) is 60.2 Å². The molecule has 55 heavy (non-hydrogen) atoms. The van der Waals surface area contributed by atoms with E-state index in [4.69, 9.17) is 23.0 Å². The number of benzene rings is 2. The van der Waals surface area contributed by atoms with Gasteiger partial charge in [0.05, 0.1) is 43.1 Å². The number of amides is 2. The Labute approximate surface area is 321 Å². The maximum absolute atomic E-state index is 13.7. The normalized spacial score (nSPS) is 13.4. The van der Waals surface area contributed by atoms with Crippen LogP contribution >= 0.6 is 17.2 Å². The topological polar surface area (TPSA) is 191 Å². The van der Waals surface area contributed by atoms with Crippen molar-refractivity contribution in [3.05, 3.63) is 70.3 Å². The molecule has 1 atom stereocenters. The van der Waals surface area contributed by atoms with E-state index in [1.807, 2.05) is 33.8 Å². The van der Waals surface area contributed by atoms with Gasteiger partial charge in [-0.05, 0) is 70.6 Å². The van der Waals surface area contributed by atoms with Crippen molar-refractivity contribution in [1.29, 1.82) is 0 Å². The summed E-state index contributed by atoms with van der Waals surface area (Å²) in [6.07, 6.45) is 2.80. The van der Waals surface area contributed by atoms with Crippen LogP contribution in [0.3, 0.4) is 0 Å². The minimum atomic E-state index is -3.92. The number of rotatable bonds is 15. The number of anilines is 2. The molecule has 0 spiro atoms. The number of aryl methyl sites for hydroxylation is 3. The number of esters is 1. The van der Waals surface area contributed by atoms with Gasteiger partial charge in [0.2, 0.25) is 5.82 Å². The summed E-state index contributed by atoms with van der Waals surface area (Å²) in [5.74, 6) is -0.567. The van der Waals surface area contributed by atoms with Crippen LogP contribution in [-0.2, 0) is 47.1 Å². The number of pyridine rings is 1. The Morgan fingerprint density at radius 2 is 1.80 bits per heavy atom. The highest BCUT2D eigenvalue weighted by Gasteiger charge is 2.34. The molecule has 1 fully saturated rings. The van der Waals surface area contributed by atoms with Crippen LogP contribution in [0.5, 0.6) is 11.5 Å². The Hall–Kier alpha value is -4.95. The molecule has 17 nitrogen and oxygen atoms in total. The number of phosphoric acid groups is 1. The highest BCUT2D eigenvalue weighted by molar-refractivity contribution is 7.48. The van der Waals surface area contributed by atoms with Crippen LogP contribution < -0.4 is 20.1 Å². The predicted molar refractivity (Wildman–Crippen MR) is 206 cm³/mol. The van der Waals surface area contributed by atoms with Gasteiger partial charge < -0.3 is 24.0 Å². The van der Waals surface area contributed by atoms with E-state index in [2.05, 4.69) is 35.1 Å². The molecule has 1 unspecified atom stereocenters. The van der Waals surface area contributed by atoms with Crippen LogP contribution in [0.4, 0.5) is 11.4 Å². The number of methoxy groups -OCH3 is 1. The lowest BCUT2D eigenvalue weighted by Gasteiger charge is -2.29. The van der Waals surface area contributed by atoms with Crippen LogP contribution in [0, 0.1) is 19.8 Å². The molecule has 2 aromatic carbocycles. The van der Waals surface area contributed by atoms with Gasteiger partial charge in [-0.25, -0.2) is 4.57 Å². The first kappa shape index (κ1) is 41.2. The minimum absolute atomic E-state index is 0.123. The zero-order valence-corrected chi connectivity index (χ0v) is 34.3. The summed E-state index contributed by atoms with van der Waals surface area (Å²) in [7, 11) is 5.56. The summed E-state index contributed by atoms with van der Waals surface area (Å²) in [5, 5.41) is 15.6. The van der Waals surface area contributed by atoms with Crippen molar-refractivity contribution in [2.24, 2.45) is 18.0 Å². The second kappa shape index (κ2) is 16.8. The Balaban J connectivity index is 1.50. The number of ether oxygens (including phenoxy) is 2. The van der Waals surface area contributed by atoms with E-state index in [9.17, 15) is 18.9 Å². The highest BCUT2D eigenvalue weighted by Crippen LogP contribution is 2.51. The van der Waals surface area contributed by atoms with Crippen LogP contribution in [-0.4, -0.2) is 75.6 Å². The maximum atomic E-state index is 13.7. The number of nitrogens with one attached hydrogen (secondary N) is 1. The Morgan fingerprint density at radius 3 is 2.40 bits per heavy atom. The van der Waals surface area contributed by atoms with Crippen molar-refractivity contribution >= 4 is 46.4 Å². The average Bonchev–Trinajstić information content (AvgIpc) is 3.89. The van der Waals surface area contributed by atoms with Crippen molar-refractivity contribution in [2.45, 2.75) is 59.1 Å². The Morgan fingerprint density at radius 1 is 1.09 bits per heavy atom. The lowest BCUT2D eigenvalue weighted by molar-refractivity contribution is -0.148. The second-order valence-electron chi connectivity index (χ2n) is 13.7. The van der Waals surface area contributed by atoms with Crippen LogP contribution in [0.15, 0.2) is 47.6 Å². The van der Waals surface area contributed by atoms with E-state index in [0.29, 0.717) is 34.1 Å². The minimum Gasteiger partial charge on any atom is -0.494 e. The van der Waals surface area contributed by atoms with Gasteiger partial charge in [0.1, 0.15) is 11.2 Å². The molecule has 2 heterocycles. The molecule has 1 aliphatic rings. The third-order valence-electron chi connectivity index (χ3n) is 8.81. The summed E-state index contributed by atoms with van der Waals surface area (Å²) in [5.41, 5.74) is 3.02. The third kappa shape index (κ3) is 9.65.